The molecule has 0 atom stereocenters. The number of unbranched alkanes of at least 4 members (excludes halogenated alkanes) is 3. The fourth-order valence-corrected chi connectivity index (χ4v) is 5.87. The Kier molecular flexibility index (Phi) is 13.8. The molecule has 2 heterocycles. The van der Waals surface area contributed by atoms with Crippen LogP contribution in [-0.2, 0) is 13.1 Å². The average Bonchev–Trinajstić information content (AvgIpc) is 3.12. The number of aryl methyl sites for hydroxylation is 2. The van der Waals surface area contributed by atoms with Crippen LogP contribution in [0.3, 0.4) is 0 Å². The maximum Gasteiger partial charge on any atom is 0.213 e. The molecular formula is C40H42Br2N6. The van der Waals surface area contributed by atoms with Gasteiger partial charge in [-0.3, -0.25) is 10.0 Å². The van der Waals surface area contributed by atoms with Crippen molar-refractivity contribution >= 4 is 45.6 Å². The Hall–Kier alpha value is -4.40. The lowest BCUT2D eigenvalue weighted by Crippen LogP contribution is -3.00. The number of fused-ring (bicyclic) bond motifs is 2. The molecule has 0 radical (unpaired) electrons. The second kappa shape index (κ2) is 18.2. The summed E-state index contributed by atoms with van der Waals surface area (Å²) in [5.41, 5.74) is 6.87. The zero-order valence-corrected chi connectivity index (χ0v) is 30.7. The number of pyridine rings is 2. The fourth-order valence-electron chi connectivity index (χ4n) is 5.87. The van der Waals surface area contributed by atoms with Gasteiger partial charge in [-0.2, -0.15) is 19.3 Å². The third-order valence-corrected chi connectivity index (χ3v) is 8.46. The van der Waals surface area contributed by atoms with Gasteiger partial charge in [0.1, 0.15) is 13.1 Å². The van der Waals surface area contributed by atoms with Crippen molar-refractivity contribution in [3.63, 3.8) is 0 Å². The third-order valence-electron chi connectivity index (χ3n) is 8.46. The van der Waals surface area contributed by atoms with Crippen LogP contribution in [0.25, 0.3) is 21.8 Å². The highest BCUT2D eigenvalue weighted by Crippen LogP contribution is 2.18. The standard InChI is InChI=1S/C40H42N6.2BrH/c1-43(35-17-7-5-8-18-35)41-31-33-25-29-45(39-23-13-11-21-37(33)39)27-15-3-4-16-28-46-30-26-34(38-22-12-14-24-40(38)46)32-42-44(2)36-19-9-6-10-20-36;;/h5-14,17-26,29-32H,3-4,15-16,27-28H2,1-2H3;2*1H/q+2;;/p-2. The number of para-hydroxylation sites is 4. The first-order valence-electron chi connectivity index (χ1n) is 16.2. The monoisotopic (exact) mass is 764 g/mol. The summed E-state index contributed by atoms with van der Waals surface area (Å²) in [5.74, 6) is 0. The minimum atomic E-state index is 0. The normalized spacial score (nSPS) is 11.1. The van der Waals surface area contributed by atoms with Crippen LogP contribution in [0.15, 0.2) is 144 Å². The van der Waals surface area contributed by atoms with Crippen LogP contribution >= 0.6 is 0 Å². The summed E-state index contributed by atoms with van der Waals surface area (Å²) < 4.78 is 4.76. The van der Waals surface area contributed by atoms with Gasteiger partial charge in [-0.05, 0) is 49.2 Å². The molecule has 246 valence electrons. The summed E-state index contributed by atoms with van der Waals surface area (Å²) in [6, 6.07) is 42.0. The van der Waals surface area contributed by atoms with Crippen molar-refractivity contribution in [1.82, 2.24) is 0 Å². The Labute approximate surface area is 305 Å². The lowest BCUT2D eigenvalue weighted by Gasteiger charge is -2.12. The van der Waals surface area contributed by atoms with Crippen LogP contribution < -0.4 is 53.1 Å². The summed E-state index contributed by atoms with van der Waals surface area (Å²) in [4.78, 5) is 0. The van der Waals surface area contributed by atoms with E-state index in [0.29, 0.717) is 0 Å². The van der Waals surface area contributed by atoms with Gasteiger partial charge in [0.25, 0.3) is 0 Å². The van der Waals surface area contributed by atoms with Crippen molar-refractivity contribution in [3.05, 3.63) is 145 Å². The maximum absolute atomic E-state index is 4.71. The van der Waals surface area contributed by atoms with E-state index in [4.69, 9.17) is 10.2 Å². The van der Waals surface area contributed by atoms with Crippen molar-refractivity contribution in [3.8, 4) is 0 Å². The topological polar surface area (TPSA) is 39.0 Å². The van der Waals surface area contributed by atoms with Gasteiger partial charge in [-0.1, -0.05) is 60.7 Å². The lowest BCUT2D eigenvalue weighted by molar-refractivity contribution is -0.673. The number of hydrazone groups is 2. The van der Waals surface area contributed by atoms with E-state index in [-0.39, 0.29) is 34.0 Å². The number of halogens is 2. The number of anilines is 2. The number of aromatic nitrogens is 2. The van der Waals surface area contributed by atoms with Crippen LogP contribution in [-0.4, -0.2) is 26.5 Å². The predicted molar refractivity (Wildman–Crippen MR) is 192 cm³/mol. The summed E-state index contributed by atoms with van der Waals surface area (Å²) in [5, 5.41) is 15.7. The summed E-state index contributed by atoms with van der Waals surface area (Å²) in [6.45, 7) is 2.01. The number of hydrogen-bond acceptors (Lipinski definition) is 4. The highest BCUT2D eigenvalue weighted by Gasteiger charge is 2.13. The molecule has 0 N–H and O–H groups in total. The van der Waals surface area contributed by atoms with E-state index in [2.05, 4.69) is 106 Å². The molecule has 0 aliphatic rings. The molecule has 0 saturated heterocycles. The molecule has 6 rings (SSSR count). The van der Waals surface area contributed by atoms with Gasteiger partial charge >= 0.3 is 0 Å². The van der Waals surface area contributed by atoms with E-state index in [0.717, 1.165) is 48.4 Å². The maximum atomic E-state index is 4.71. The Balaban J connectivity index is 0.00000260. The smallest absolute Gasteiger partial charge is 0.213 e. The van der Waals surface area contributed by atoms with E-state index < -0.39 is 0 Å². The molecule has 0 saturated carbocycles. The minimum Gasteiger partial charge on any atom is -1.00 e. The van der Waals surface area contributed by atoms with Crippen LogP contribution in [0.5, 0.6) is 0 Å². The van der Waals surface area contributed by atoms with Crippen LogP contribution in [0, 0.1) is 0 Å². The molecule has 0 amide bonds. The van der Waals surface area contributed by atoms with Crippen molar-refractivity contribution in [2.45, 2.75) is 38.8 Å². The predicted octanol–water partition coefficient (Wildman–Crippen LogP) is 1.78. The first-order chi connectivity index (χ1) is 22.7. The van der Waals surface area contributed by atoms with Crippen LogP contribution in [0.1, 0.15) is 36.8 Å². The van der Waals surface area contributed by atoms with Gasteiger partial charge in [-0.25, -0.2) is 0 Å². The first kappa shape index (κ1) is 36.4. The summed E-state index contributed by atoms with van der Waals surface area (Å²) >= 11 is 0. The highest BCUT2D eigenvalue weighted by molar-refractivity contribution is 5.97. The Morgan fingerprint density at radius 1 is 0.479 bits per heavy atom. The molecule has 4 aromatic carbocycles. The van der Waals surface area contributed by atoms with Gasteiger partial charge in [-0.15, -0.1) is 0 Å². The number of hydrogen-bond donors (Lipinski definition) is 0. The van der Waals surface area contributed by atoms with Gasteiger partial charge in [0, 0.05) is 62.3 Å². The molecule has 0 unspecified atom stereocenters. The van der Waals surface area contributed by atoms with Gasteiger partial charge < -0.3 is 34.0 Å². The largest absolute Gasteiger partial charge is 1.00 e. The van der Waals surface area contributed by atoms with Gasteiger partial charge in [0.05, 0.1) is 34.6 Å². The van der Waals surface area contributed by atoms with Crippen LogP contribution in [0.4, 0.5) is 11.4 Å². The van der Waals surface area contributed by atoms with Crippen molar-refractivity contribution in [2.75, 3.05) is 24.1 Å². The molecule has 48 heavy (non-hydrogen) atoms. The van der Waals surface area contributed by atoms with E-state index in [1.165, 1.54) is 34.6 Å². The third kappa shape index (κ3) is 9.14. The zero-order chi connectivity index (χ0) is 31.6. The Bertz CT molecular complexity index is 1800. The van der Waals surface area contributed by atoms with Crippen molar-refractivity contribution in [2.24, 2.45) is 10.2 Å². The zero-order valence-electron chi connectivity index (χ0n) is 27.5. The molecule has 0 aliphatic carbocycles. The van der Waals surface area contributed by atoms with E-state index in [1.54, 1.807) is 0 Å². The summed E-state index contributed by atoms with van der Waals surface area (Å²) in [6.07, 6.45) is 13.0. The molecule has 0 spiro atoms. The second-order valence-corrected chi connectivity index (χ2v) is 11.6. The first-order valence-corrected chi connectivity index (χ1v) is 16.2. The molecule has 6 aromatic rings. The molecular weight excluding hydrogens is 724 g/mol. The number of benzene rings is 4. The SMILES string of the molecule is CN(N=Cc1cc[n+](CCCCCC[n+]2ccc(C=NN(C)c3ccccc3)c3ccccc32)c2ccccc12)c1ccccc1.[Br-].[Br-]. The van der Waals surface area contributed by atoms with E-state index in [9.17, 15) is 0 Å². The van der Waals surface area contributed by atoms with E-state index in [1.807, 2.05) is 72.9 Å². The van der Waals surface area contributed by atoms with Crippen LogP contribution in [0.2, 0.25) is 0 Å². The average molecular weight is 767 g/mol. The van der Waals surface area contributed by atoms with Gasteiger partial charge in [0.15, 0.2) is 12.4 Å². The molecule has 2 aromatic heterocycles. The Morgan fingerprint density at radius 3 is 1.27 bits per heavy atom. The minimum absolute atomic E-state index is 0. The quantitative estimate of drug-likeness (QED) is 0.0780. The molecule has 0 fully saturated rings. The van der Waals surface area contributed by atoms with E-state index >= 15 is 0 Å². The second-order valence-electron chi connectivity index (χ2n) is 11.6. The number of rotatable bonds is 13. The summed E-state index contributed by atoms with van der Waals surface area (Å²) in [7, 11) is 3.96. The fraction of sp³-hybridized carbons (Fsp3) is 0.200. The molecule has 0 aliphatic heterocycles. The van der Waals surface area contributed by atoms with Crippen molar-refractivity contribution in [1.29, 1.82) is 0 Å². The lowest BCUT2D eigenvalue weighted by atomic mass is 10.1. The Morgan fingerprint density at radius 2 is 0.854 bits per heavy atom. The highest BCUT2D eigenvalue weighted by atomic mass is 79.9. The number of nitrogens with zero attached hydrogens (tertiary/aromatic N) is 6. The van der Waals surface area contributed by atoms with Gasteiger partial charge in [0.2, 0.25) is 11.0 Å². The molecule has 6 nitrogen and oxygen atoms in total. The van der Waals surface area contributed by atoms with Crippen molar-refractivity contribution < 1.29 is 43.1 Å². The molecule has 8 heteroatoms. The molecule has 0 bridgehead atoms.